The first-order valence-electron chi connectivity index (χ1n) is 10.8. The van der Waals surface area contributed by atoms with E-state index in [-0.39, 0.29) is 5.56 Å². The Morgan fingerprint density at radius 3 is 2.52 bits per heavy atom. The molecule has 1 fully saturated rings. The lowest BCUT2D eigenvalue weighted by Gasteiger charge is -2.34. The molecule has 0 aliphatic carbocycles. The average Bonchev–Trinajstić information content (AvgIpc) is 3.28. The molecule has 1 aromatic carbocycles. The molecule has 1 aliphatic rings. The highest BCUT2D eigenvalue weighted by Gasteiger charge is 2.18. The van der Waals surface area contributed by atoms with Crippen molar-refractivity contribution in [1.82, 2.24) is 19.9 Å². The maximum atomic E-state index is 13.0. The van der Waals surface area contributed by atoms with Gasteiger partial charge >= 0.3 is 0 Å². The van der Waals surface area contributed by atoms with Crippen LogP contribution in [-0.4, -0.2) is 59.0 Å². The summed E-state index contributed by atoms with van der Waals surface area (Å²) in [5.74, 6) is -0.486. The van der Waals surface area contributed by atoms with Crippen LogP contribution >= 0.6 is 0 Å². The van der Waals surface area contributed by atoms with Gasteiger partial charge in [0.2, 0.25) is 0 Å². The summed E-state index contributed by atoms with van der Waals surface area (Å²) in [6, 6.07) is 13.1. The predicted molar refractivity (Wildman–Crippen MR) is 131 cm³/mol. The lowest BCUT2D eigenvalue weighted by molar-refractivity contribution is 0.102. The Morgan fingerprint density at radius 2 is 1.73 bits per heavy atom. The lowest BCUT2D eigenvalue weighted by Crippen LogP contribution is -2.44. The molecule has 4 heterocycles. The Hall–Kier alpha value is -4.11. The second-order valence-electron chi connectivity index (χ2n) is 8.15. The number of likely N-dealkylation sites (N-methyl/N-ethyl adjacent to an activating group) is 1. The molecule has 1 aliphatic heterocycles. The van der Waals surface area contributed by atoms with Crippen molar-refractivity contribution in [3.8, 4) is 0 Å². The summed E-state index contributed by atoms with van der Waals surface area (Å²) >= 11 is 0. The van der Waals surface area contributed by atoms with E-state index in [0.29, 0.717) is 17.1 Å². The van der Waals surface area contributed by atoms with E-state index in [1.54, 1.807) is 12.3 Å². The molecule has 0 atom stereocenters. The number of H-pyrrole nitrogens is 2. The number of aromatic nitrogens is 3. The van der Waals surface area contributed by atoms with Crippen LogP contribution < -0.4 is 21.1 Å². The average molecular weight is 444 g/mol. The van der Waals surface area contributed by atoms with Crippen LogP contribution in [0.2, 0.25) is 0 Å². The van der Waals surface area contributed by atoms with E-state index in [4.69, 9.17) is 0 Å². The fourth-order valence-electron chi connectivity index (χ4n) is 3.98. The van der Waals surface area contributed by atoms with Gasteiger partial charge in [0.05, 0.1) is 28.6 Å². The number of nitrogens with zero attached hydrogens (tertiary/aromatic N) is 3. The molecular formula is C24H25N7O2. The van der Waals surface area contributed by atoms with E-state index in [0.717, 1.165) is 42.9 Å². The molecule has 33 heavy (non-hydrogen) atoms. The molecule has 9 heteroatoms. The molecule has 4 N–H and O–H groups in total. The molecule has 1 amide bonds. The van der Waals surface area contributed by atoms with Crippen LogP contribution in [-0.2, 0) is 0 Å². The van der Waals surface area contributed by atoms with E-state index in [1.165, 1.54) is 6.20 Å². The maximum Gasteiger partial charge on any atom is 0.263 e. The van der Waals surface area contributed by atoms with Crippen LogP contribution in [0.15, 0.2) is 65.8 Å². The summed E-state index contributed by atoms with van der Waals surface area (Å²) in [7, 11) is 2.12. The van der Waals surface area contributed by atoms with Crippen LogP contribution in [0.5, 0.6) is 0 Å². The normalized spacial score (nSPS) is 14.4. The molecular weight excluding hydrogens is 418 g/mol. The zero-order chi connectivity index (χ0) is 22.8. The van der Waals surface area contributed by atoms with Crippen molar-refractivity contribution in [2.24, 2.45) is 0 Å². The molecule has 1 saturated heterocycles. The van der Waals surface area contributed by atoms with Crippen molar-refractivity contribution in [1.29, 1.82) is 0 Å². The summed E-state index contributed by atoms with van der Waals surface area (Å²) in [4.78, 5) is 40.2. The maximum absolute atomic E-state index is 13.0. The van der Waals surface area contributed by atoms with Crippen molar-refractivity contribution in [2.45, 2.75) is 0 Å². The molecule has 9 nitrogen and oxygen atoms in total. The number of amides is 1. The Kier molecular flexibility index (Phi) is 5.54. The number of nitrogens with one attached hydrogen (secondary N) is 4. The van der Waals surface area contributed by atoms with E-state index in [9.17, 15) is 9.59 Å². The molecule has 0 spiro atoms. The molecule has 168 valence electrons. The number of carbonyl (C=O) groups is 1. The third-order valence-corrected chi connectivity index (χ3v) is 5.86. The van der Waals surface area contributed by atoms with Crippen molar-refractivity contribution in [3.63, 3.8) is 0 Å². The molecule has 0 bridgehead atoms. The summed E-state index contributed by atoms with van der Waals surface area (Å²) < 4.78 is 0. The minimum Gasteiger partial charge on any atom is -0.369 e. The number of fused-ring (bicyclic) bond motifs is 1. The Balaban J connectivity index is 1.33. The highest BCUT2D eigenvalue weighted by Crippen LogP contribution is 2.23. The van der Waals surface area contributed by atoms with E-state index in [2.05, 4.69) is 42.4 Å². The summed E-state index contributed by atoms with van der Waals surface area (Å²) in [5, 5.41) is 5.98. The Labute approximate surface area is 190 Å². The second kappa shape index (κ2) is 8.79. The van der Waals surface area contributed by atoms with Gasteiger partial charge in [-0.05, 0) is 49.5 Å². The second-order valence-corrected chi connectivity index (χ2v) is 8.15. The van der Waals surface area contributed by atoms with Gasteiger partial charge in [-0.3, -0.25) is 14.6 Å². The first-order valence-corrected chi connectivity index (χ1v) is 10.8. The van der Waals surface area contributed by atoms with E-state index >= 15 is 0 Å². The van der Waals surface area contributed by atoms with Crippen LogP contribution in [0, 0.1) is 0 Å². The van der Waals surface area contributed by atoms with Crippen molar-refractivity contribution in [2.75, 3.05) is 48.8 Å². The first kappa shape index (κ1) is 20.8. The number of piperazine rings is 1. The smallest absolute Gasteiger partial charge is 0.263 e. The zero-order valence-corrected chi connectivity index (χ0v) is 18.3. The fourth-order valence-corrected chi connectivity index (χ4v) is 3.98. The largest absolute Gasteiger partial charge is 0.369 e. The van der Waals surface area contributed by atoms with Crippen molar-refractivity contribution < 1.29 is 4.79 Å². The molecule has 5 rings (SSSR count). The number of rotatable bonds is 5. The minimum atomic E-state index is -0.486. The molecule has 3 aromatic heterocycles. The standard InChI is InChI=1S/C24H25N7O2/c1-30-10-12-31(13-11-30)18-4-2-16(3-5-18)29-24(33)22-20(7-9-26-23(22)32)28-17-14-21-19(27-15-17)6-8-25-21/h2-9,14-15,25H,10-13H2,1H3,(H,29,33)(H2,26,28,32). The zero-order valence-electron chi connectivity index (χ0n) is 18.3. The van der Waals surface area contributed by atoms with Gasteiger partial charge in [0.1, 0.15) is 5.56 Å². The van der Waals surface area contributed by atoms with Crippen LogP contribution in [0.4, 0.5) is 22.7 Å². The number of benzene rings is 1. The van der Waals surface area contributed by atoms with Gasteiger partial charge in [0, 0.05) is 49.9 Å². The molecule has 0 unspecified atom stereocenters. The predicted octanol–water partition coefficient (Wildman–Crippen LogP) is 3.00. The highest BCUT2D eigenvalue weighted by atomic mass is 16.2. The number of hydrogen-bond acceptors (Lipinski definition) is 6. The van der Waals surface area contributed by atoms with Gasteiger partial charge in [-0.1, -0.05) is 0 Å². The number of pyridine rings is 2. The van der Waals surface area contributed by atoms with E-state index < -0.39 is 11.5 Å². The van der Waals surface area contributed by atoms with Gasteiger partial charge in [-0.2, -0.15) is 0 Å². The third-order valence-electron chi connectivity index (χ3n) is 5.86. The quantitative estimate of drug-likeness (QED) is 0.378. The number of carbonyl (C=O) groups excluding carboxylic acids is 1. The van der Waals surface area contributed by atoms with Crippen LogP contribution in [0.25, 0.3) is 11.0 Å². The van der Waals surface area contributed by atoms with E-state index in [1.807, 2.05) is 42.6 Å². The summed E-state index contributed by atoms with van der Waals surface area (Å²) in [6.45, 7) is 3.99. The van der Waals surface area contributed by atoms with Crippen molar-refractivity contribution >= 4 is 39.7 Å². The fraction of sp³-hybridized carbons (Fsp3) is 0.208. The number of anilines is 4. The van der Waals surface area contributed by atoms with Gasteiger partial charge in [-0.15, -0.1) is 0 Å². The molecule has 4 aromatic rings. The molecule has 0 radical (unpaired) electrons. The Bertz CT molecular complexity index is 1330. The summed E-state index contributed by atoms with van der Waals surface area (Å²) in [5.41, 5.74) is 4.04. The van der Waals surface area contributed by atoms with Crippen LogP contribution in [0.3, 0.4) is 0 Å². The van der Waals surface area contributed by atoms with Crippen LogP contribution in [0.1, 0.15) is 10.4 Å². The van der Waals surface area contributed by atoms with Crippen molar-refractivity contribution in [3.05, 3.63) is 77.0 Å². The lowest BCUT2D eigenvalue weighted by atomic mass is 10.2. The number of aromatic amines is 2. The SMILES string of the molecule is CN1CCN(c2ccc(NC(=O)c3c(Nc4cnc5cc[nH]c5c4)cc[nH]c3=O)cc2)CC1. The monoisotopic (exact) mass is 443 g/mol. The first-order chi connectivity index (χ1) is 16.1. The minimum absolute atomic E-state index is 0.00669. The molecule has 0 saturated carbocycles. The third kappa shape index (κ3) is 4.44. The topological polar surface area (TPSA) is 109 Å². The highest BCUT2D eigenvalue weighted by molar-refractivity contribution is 6.08. The number of hydrogen-bond donors (Lipinski definition) is 4. The summed E-state index contributed by atoms with van der Waals surface area (Å²) in [6.07, 6.45) is 4.98. The van der Waals surface area contributed by atoms with Gasteiger partial charge in [0.15, 0.2) is 0 Å². The Morgan fingerprint density at radius 1 is 0.970 bits per heavy atom. The van der Waals surface area contributed by atoms with Gasteiger partial charge < -0.3 is 30.4 Å². The van der Waals surface area contributed by atoms with Gasteiger partial charge in [-0.25, -0.2) is 0 Å². The van der Waals surface area contributed by atoms with Gasteiger partial charge in [0.25, 0.3) is 11.5 Å².